The highest BCUT2D eigenvalue weighted by Gasteiger charge is 2.33. The molecule has 54 heavy (non-hydrogen) atoms. The fraction of sp³-hybridized carbons (Fsp3) is 0.429. The van der Waals surface area contributed by atoms with E-state index in [-0.39, 0.29) is 56.7 Å². The number of nitrogens with zero attached hydrogens (tertiary/aromatic N) is 1. The number of hydrogen-bond acceptors (Lipinski definition) is 9. The Morgan fingerprint density at radius 2 is 1.41 bits per heavy atom. The van der Waals surface area contributed by atoms with Crippen molar-refractivity contribution in [2.24, 2.45) is 16.5 Å². The van der Waals surface area contributed by atoms with E-state index in [0.717, 1.165) is 12.1 Å². The van der Waals surface area contributed by atoms with Gasteiger partial charge in [-0.3, -0.25) is 38.6 Å². The number of halogens is 1. The third-order valence-electron chi connectivity index (χ3n) is 8.21. The van der Waals surface area contributed by atoms with E-state index in [1.54, 1.807) is 24.3 Å². The first kappa shape index (κ1) is 42.1. The Morgan fingerprint density at radius 3 is 2.04 bits per heavy atom. The van der Waals surface area contributed by atoms with Gasteiger partial charge in [0, 0.05) is 25.1 Å². The summed E-state index contributed by atoms with van der Waals surface area (Å²) >= 11 is 0. The molecule has 0 radical (unpaired) electrons. The molecule has 0 bridgehead atoms. The molecule has 1 aliphatic rings. The van der Waals surface area contributed by atoms with E-state index in [1.165, 1.54) is 19.2 Å². The van der Waals surface area contributed by atoms with Gasteiger partial charge in [0.1, 0.15) is 35.7 Å². The summed E-state index contributed by atoms with van der Waals surface area (Å²) in [5.74, 6) is -6.22. The van der Waals surface area contributed by atoms with E-state index in [2.05, 4.69) is 36.9 Å². The molecule has 6 amide bonds. The molecule has 2 aromatic rings. The topological polar surface area (TPSA) is 286 Å². The zero-order valence-electron chi connectivity index (χ0n) is 29.7. The summed E-state index contributed by atoms with van der Waals surface area (Å²) in [5.41, 5.74) is 11.6. The minimum atomic E-state index is -1.63. The monoisotopic (exact) mass is 754 g/mol. The smallest absolute Gasteiger partial charge is 0.305 e. The molecule has 4 atom stereocenters. The Morgan fingerprint density at radius 1 is 0.815 bits per heavy atom. The molecule has 11 N–H and O–H groups in total. The molecule has 2 aromatic carbocycles. The van der Waals surface area contributed by atoms with Crippen LogP contribution in [0, 0.1) is 5.82 Å². The number of rotatable bonds is 15. The molecule has 1 aliphatic heterocycles. The van der Waals surface area contributed by atoms with Gasteiger partial charge in [0.25, 0.3) is 5.91 Å². The standard InChI is InChI=1S/C35H46FN9O9/c1-54-23-13-7-20(8-14-23)17-26-33(52)44-25(5-2-3-15-39-30(49)21-9-11-22(36)12-10-21)32(51)43-24(6-4-16-40-35(37)38)31(50)41-19-28(46)42-27(18-29(47)48)34(53)45-26/h7-14,24-27H,2-6,15-19H2,1H3,(H,39,49)(H,41,50)(H,42,46)(H,43,51)(H,44,52)(H,45,53)(H,47,48)(H4,37,38,40)/t24-,25-,26-,27-/m1/s1/i36-1. The van der Waals surface area contributed by atoms with Crippen LogP contribution in [0.15, 0.2) is 53.5 Å². The largest absolute Gasteiger partial charge is 0.497 e. The van der Waals surface area contributed by atoms with E-state index >= 15 is 0 Å². The van der Waals surface area contributed by atoms with Crippen LogP contribution in [0.1, 0.15) is 54.4 Å². The molecule has 19 heteroatoms. The SMILES string of the molecule is COc1ccc(C[C@H]2NC(=O)[C@@H](CC(=O)O)NC(=O)CNC(=O)[C@@H](CCCN=C(N)N)NC(=O)[C@@H](CCCCNC(=O)c3ccc([18F])cc3)NC2=O)cc1. The number of amides is 6. The van der Waals surface area contributed by atoms with E-state index < -0.39 is 84.4 Å². The molecule has 1 fully saturated rings. The number of benzene rings is 2. The molecule has 0 spiro atoms. The minimum absolute atomic E-state index is 0.0217. The highest BCUT2D eigenvalue weighted by Crippen LogP contribution is 2.14. The number of methoxy groups -OCH3 is 1. The van der Waals surface area contributed by atoms with Gasteiger partial charge in [0.05, 0.1) is 20.1 Å². The Hall–Kier alpha value is -6.27. The average molecular weight is 755 g/mol. The second-order valence-electron chi connectivity index (χ2n) is 12.4. The summed E-state index contributed by atoms with van der Waals surface area (Å²) in [6.45, 7) is -0.373. The number of unbranched alkanes of at least 4 members (excludes halogenated alkanes) is 1. The fourth-order valence-corrected chi connectivity index (χ4v) is 5.36. The molecular formula is C35H46FN9O9. The maximum Gasteiger partial charge on any atom is 0.305 e. The first-order valence-electron chi connectivity index (χ1n) is 17.2. The van der Waals surface area contributed by atoms with E-state index in [0.29, 0.717) is 17.7 Å². The summed E-state index contributed by atoms with van der Waals surface area (Å²) in [6.07, 6.45) is -0.0201. The quantitative estimate of drug-likeness (QED) is 0.0578. The first-order chi connectivity index (χ1) is 25.7. The highest BCUT2D eigenvalue weighted by molar-refractivity contribution is 5.98. The second-order valence-corrected chi connectivity index (χ2v) is 12.4. The zero-order chi connectivity index (χ0) is 39.6. The maximum absolute atomic E-state index is 13.9. The Kier molecular flexibility index (Phi) is 16.6. The van der Waals surface area contributed by atoms with Gasteiger partial charge in [-0.2, -0.15) is 0 Å². The lowest BCUT2D eigenvalue weighted by Gasteiger charge is -2.26. The lowest BCUT2D eigenvalue weighted by Crippen LogP contribution is -2.58. The first-order valence-corrected chi connectivity index (χ1v) is 17.2. The number of carboxylic acids is 1. The number of guanidine groups is 1. The lowest BCUT2D eigenvalue weighted by molar-refractivity contribution is -0.141. The number of aliphatic carboxylic acids is 1. The van der Waals surface area contributed by atoms with Crippen molar-refractivity contribution >= 4 is 47.4 Å². The number of nitrogens with two attached hydrogens (primary N) is 2. The number of ether oxygens (including phenoxy) is 1. The number of carbonyl (C=O) groups excluding carboxylic acids is 6. The number of nitrogens with one attached hydrogen (secondary N) is 6. The van der Waals surface area contributed by atoms with Crippen LogP contribution in [0.25, 0.3) is 0 Å². The van der Waals surface area contributed by atoms with Crippen LogP contribution in [-0.2, 0) is 35.2 Å². The summed E-state index contributed by atoms with van der Waals surface area (Å²) in [6, 6.07) is 6.11. The van der Waals surface area contributed by atoms with Gasteiger partial charge in [-0.15, -0.1) is 0 Å². The lowest BCUT2D eigenvalue weighted by atomic mass is 10.0. The molecule has 3 rings (SSSR count). The second kappa shape index (κ2) is 21.3. The van der Waals surface area contributed by atoms with Gasteiger partial charge in [0.2, 0.25) is 29.5 Å². The molecule has 1 saturated heterocycles. The van der Waals surface area contributed by atoms with Crippen LogP contribution in [0.2, 0.25) is 0 Å². The molecule has 1 heterocycles. The number of carbonyl (C=O) groups is 7. The summed E-state index contributed by atoms with van der Waals surface area (Å²) in [5, 5.41) is 24.7. The maximum atomic E-state index is 13.9. The Labute approximate surface area is 310 Å². The summed E-state index contributed by atoms with van der Waals surface area (Å²) < 4.78 is 18.4. The molecule has 0 unspecified atom stereocenters. The summed E-state index contributed by atoms with van der Waals surface area (Å²) in [7, 11) is 1.47. The highest BCUT2D eigenvalue weighted by atomic mass is 18.2. The summed E-state index contributed by atoms with van der Waals surface area (Å²) in [4.78, 5) is 95.2. The average Bonchev–Trinajstić information content (AvgIpc) is 3.13. The predicted octanol–water partition coefficient (Wildman–Crippen LogP) is -1.43. The predicted molar refractivity (Wildman–Crippen MR) is 192 cm³/mol. The van der Waals surface area contributed by atoms with Crippen molar-refractivity contribution in [1.82, 2.24) is 31.9 Å². The number of hydrogen-bond donors (Lipinski definition) is 9. The zero-order valence-corrected chi connectivity index (χ0v) is 29.7. The third-order valence-corrected chi connectivity index (χ3v) is 8.21. The van der Waals surface area contributed by atoms with Crippen molar-refractivity contribution < 1.29 is 47.8 Å². The molecular weight excluding hydrogens is 708 g/mol. The van der Waals surface area contributed by atoms with Gasteiger partial charge in [0.15, 0.2) is 5.96 Å². The van der Waals surface area contributed by atoms with Crippen molar-refractivity contribution in [3.8, 4) is 5.75 Å². The molecule has 292 valence electrons. The van der Waals surface area contributed by atoms with Crippen molar-refractivity contribution in [2.75, 3.05) is 26.7 Å². The van der Waals surface area contributed by atoms with Crippen LogP contribution < -0.4 is 48.1 Å². The minimum Gasteiger partial charge on any atom is -0.497 e. The van der Waals surface area contributed by atoms with E-state index in [9.17, 15) is 43.1 Å². The van der Waals surface area contributed by atoms with Crippen molar-refractivity contribution in [3.63, 3.8) is 0 Å². The van der Waals surface area contributed by atoms with Crippen LogP contribution in [0.3, 0.4) is 0 Å². The molecule has 0 saturated carbocycles. The van der Waals surface area contributed by atoms with Crippen LogP contribution >= 0.6 is 0 Å². The van der Waals surface area contributed by atoms with Crippen molar-refractivity contribution in [2.45, 2.75) is 69.1 Å². The van der Waals surface area contributed by atoms with E-state index in [1.807, 2.05) is 0 Å². The Bertz CT molecular complexity index is 1670. The van der Waals surface area contributed by atoms with E-state index in [4.69, 9.17) is 16.2 Å². The third kappa shape index (κ3) is 14.4. The molecule has 0 aliphatic carbocycles. The van der Waals surface area contributed by atoms with Crippen LogP contribution in [-0.4, -0.2) is 103 Å². The van der Waals surface area contributed by atoms with Gasteiger partial charge in [-0.05, 0) is 74.1 Å². The van der Waals surface area contributed by atoms with Crippen molar-refractivity contribution in [1.29, 1.82) is 0 Å². The normalized spacial score (nSPS) is 19.7. The number of carboxylic acid groups (broad SMARTS) is 1. The van der Waals surface area contributed by atoms with Crippen LogP contribution in [0.5, 0.6) is 5.75 Å². The van der Waals surface area contributed by atoms with Crippen LogP contribution in [0.4, 0.5) is 4.39 Å². The van der Waals surface area contributed by atoms with Gasteiger partial charge < -0.3 is 53.2 Å². The fourth-order valence-electron chi connectivity index (χ4n) is 5.36. The van der Waals surface area contributed by atoms with Gasteiger partial charge in [-0.25, -0.2) is 4.39 Å². The van der Waals surface area contributed by atoms with Crippen molar-refractivity contribution in [3.05, 3.63) is 65.5 Å². The molecule has 18 nitrogen and oxygen atoms in total. The molecule has 0 aromatic heterocycles. The Balaban J connectivity index is 1.89. The number of aliphatic imine (C=N–C) groups is 1. The van der Waals surface area contributed by atoms with Gasteiger partial charge in [-0.1, -0.05) is 12.1 Å². The van der Waals surface area contributed by atoms with Gasteiger partial charge >= 0.3 is 5.97 Å².